The van der Waals surface area contributed by atoms with Crippen LogP contribution in [0.5, 0.6) is 0 Å². The van der Waals surface area contributed by atoms with Crippen LogP contribution in [0.3, 0.4) is 0 Å². The third kappa shape index (κ3) is 7.54. The Labute approximate surface area is 114 Å². The molecule has 0 heterocycles. The minimum Gasteiger partial charge on any atom is -0.325 e. The maximum Gasteiger partial charge on any atom is 0.238 e. The molecule has 1 rings (SSSR count). The molecule has 0 unspecified atom stereocenters. The number of hydrogen-bond acceptors (Lipinski definition) is 3. The average molecular weight is 267 g/mol. The van der Waals surface area contributed by atoms with Crippen LogP contribution in [0.15, 0.2) is 24.3 Å². The molecule has 1 amide bonds. The van der Waals surface area contributed by atoms with Gasteiger partial charge in [0.2, 0.25) is 5.91 Å². The maximum absolute atomic E-state index is 12.9. The van der Waals surface area contributed by atoms with E-state index >= 15 is 0 Å². The molecule has 4 nitrogen and oxygen atoms in total. The minimum absolute atomic E-state index is 0.154. The molecule has 5 heteroatoms. The van der Waals surface area contributed by atoms with Crippen LogP contribution in [0.4, 0.5) is 10.1 Å². The number of amides is 1. The zero-order valence-corrected chi connectivity index (χ0v) is 11.6. The summed E-state index contributed by atoms with van der Waals surface area (Å²) in [6.45, 7) is 2.11. The van der Waals surface area contributed by atoms with Crippen molar-refractivity contribution in [2.45, 2.75) is 12.8 Å². The van der Waals surface area contributed by atoms with E-state index in [-0.39, 0.29) is 18.3 Å². The van der Waals surface area contributed by atoms with Gasteiger partial charge in [0.1, 0.15) is 5.82 Å². The third-order valence-electron chi connectivity index (χ3n) is 2.60. The van der Waals surface area contributed by atoms with Crippen molar-refractivity contribution in [1.82, 2.24) is 10.2 Å². The highest BCUT2D eigenvalue weighted by Crippen LogP contribution is 2.08. The number of carbonyl (C=O) groups is 1. The highest BCUT2D eigenvalue weighted by atomic mass is 19.1. The molecule has 1 aromatic carbocycles. The predicted molar refractivity (Wildman–Crippen MR) is 75.7 cm³/mol. The van der Waals surface area contributed by atoms with Gasteiger partial charge in [-0.2, -0.15) is 0 Å². The number of benzene rings is 1. The minimum atomic E-state index is -0.352. The highest BCUT2D eigenvalue weighted by molar-refractivity contribution is 5.92. The van der Waals surface area contributed by atoms with E-state index in [0.29, 0.717) is 5.69 Å². The Kier molecular flexibility index (Phi) is 7.07. The molecule has 0 fully saturated rings. The molecule has 0 saturated carbocycles. The summed E-state index contributed by atoms with van der Waals surface area (Å²) in [6.07, 6.45) is 2.14. The second-order valence-electron chi connectivity index (χ2n) is 4.75. The lowest BCUT2D eigenvalue weighted by Crippen LogP contribution is -2.29. The van der Waals surface area contributed by atoms with E-state index in [1.165, 1.54) is 12.1 Å². The SMILES string of the molecule is CN(C)CCCCNCC(=O)Nc1cccc(F)c1. The molecule has 19 heavy (non-hydrogen) atoms. The van der Waals surface area contributed by atoms with Gasteiger partial charge in [-0.15, -0.1) is 0 Å². The predicted octanol–water partition coefficient (Wildman–Crippen LogP) is 1.70. The van der Waals surface area contributed by atoms with Crippen LogP contribution < -0.4 is 10.6 Å². The number of hydrogen-bond donors (Lipinski definition) is 2. The molecule has 0 saturated heterocycles. The summed E-state index contributed by atoms with van der Waals surface area (Å²) in [4.78, 5) is 13.7. The molecule has 0 aromatic heterocycles. The molecule has 0 aliphatic heterocycles. The summed E-state index contributed by atoms with van der Waals surface area (Å²) >= 11 is 0. The molecule has 0 bridgehead atoms. The standard InChI is InChI=1S/C14H22FN3O/c1-18(2)9-4-3-8-16-11-14(19)17-13-7-5-6-12(15)10-13/h5-7,10,16H,3-4,8-9,11H2,1-2H3,(H,17,19). The Bertz CT molecular complexity index is 396. The van der Waals surface area contributed by atoms with E-state index in [2.05, 4.69) is 15.5 Å². The summed E-state index contributed by atoms with van der Waals surface area (Å²) < 4.78 is 12.9. The van der Waals surface area contributed by atoms with E-state index in [0.717, 1.165) is 25.9 Å². The van der Waals surface area contributed by atoms with Crippen LogP contribution in [0, 0.1) is 5.82 Å². The fourth-order valence-corrected chi connectivity index (χ4v) is 1.65. The van der Waals surface area contributed by atoms with Crippen molar-refractivity contribution in [2.75, 3.05) is 39.0 Å². The van der Waals surface area contributed by atoms with Gasteiger partial charge in [0.05, 0.1) is 6.54 Å². The molecule has 0 aliphatic carbocycles. The van der Waals surface area contributed by atoms with E-state index in [4.69, 9.17) is 0 Å². The maximum atomic E-state index is 12.9. The van der Waals surface area contributed by atoms with Gasteiger partial charge in [0.25, 0.3) is 0 Å². The van der Waals surface area contributed by atoms with Gasteiger partial charge in [-0.05, 0) is 58.2 Å². The topological polar surface area (TPSA) is 44.4 Å². The monoisotopic (exact) mass is 267 g/mol. The van der Waals surface area contributed by atoms with Crippen molar-refractivity contribution < 1.29 is 9.18 Å². The Morgan fingerprint density at radius 3 is 2.79 bits per heavy atom. The lowest BCUT2D eigenvalue weighted by molar-refractivity contribution is -0.115. The zero-order valence-electron chi connectivity index (χ0n) is 11.6. The van der Waals surface area contributed by atoms with Crippen molar-refractivity contribution in [3.05, 3.63) is 30.1 Å². The van der Waals surface area contributed by atoms with Crippen LogP contribution >= 0.6 is 0 Å². The Balaban J connectivity index is 2.11. The van der Waals surface area contributed by atoms with E-state index in [9.17, 15) is 9.18 Å². The quantitative estimate of drug-likeness (QED) is 0.705. The fourth-order valence-electron chi connectivity index (χ4n) is 1.65. The van der Waals surface area contributed by atoms with Crippen LogP contribution in [0.1, 0.15) is 12.8 Å². The lowest BCUT2D eigenvalue weighted by Gasteiger charge is -2.09. The normalized spacial score (nSPS) is 10.7. The van der Waals surface area contributed by atoms with Gasteiger partial charge in [0, 0.05) is 5.69 Å². The molecule has 0 aliphatic rings. The molecule has 0 spiro atoms. The number of nitrogens with zero attached hydrogens (tertiary/aromatic N) is 1. The van der Waals surface area contributed by atoms with Crippen LogP contribution in [0.25, 0.3) is 0 Å². The molecule has 2 N–H and O–H groups in total. The number of rotatable bonds is 8. The summed E-state index contributed by atoms with van der Waals surface area (Å²) in [5.74, 6) is -0.507. The molecular formula is C14H22FN3O. The van der Waals surface area contributed by atoms with Gasteiger partial charge in [0.15, 0.2) is 0 Å². The highest BCUT2D eigenvalue weighted by Gasteiger charge is 2.02. The Morgan fingerprint density at radius 2 is 2.11 bits per heavy atom. The lowest BCUT2D eigenvalue weighted by atomic mass is 10.3. The van der Waals surface area contributed by atoms with E-state index < -0.39 is 0 Å². The van der Waals surface area contributed by atoms with Crippen LogP contribution in [0.2, 0.25) is 0 Å². The summed E-state index contributed by atoms with van der Waals surface area (Å²) in [5.41, 5.74) is 0.486. The number of halogens is 1. The van der Waals surface area contributed by atoms with Gasteiger partial charge in [-0.3, -0.25) is 4.79 Å². The second kappa shape index (κ2) is 8.61. The zero-order chi connectivity index (χ0) is 14.1. The summed E-state index contributed by atoms with van der Waals surface area (Å²) in [7, 11) is 4.08. The number of nitrogens with one attached hydrogen (secondary N) is 2. The number of anilines is 1. The molecule has 0 atom stereocenters. The first-order valence-electron chi connectivity index (χ1n) is 6.49. The van der Waals surface area contributed by atoms with Crippen molar-refractivity contribution in [3.8, 4) is 0 Å². The summed E-state index contributed by atoms with van der Waals surface area (Å²) in [5, 5.41) is 5.71. The van der Waals surface area contributed by atoms with Crippen molar-refractivity contribution in [1.29, 1.82) is 0 Å². The van der Waals surface area contributed by atoms with Crippen molar-refractivity contribution in [2.24, 2.45) is 0 Å². The largest absolute Gasteiger partial charge is 0.325 e. The first kappa shape index (κ1) is 15.6. The first-order valence-corrected chi connectivity index (χ1v) is 6.49. The second-order valence-corrected chi connectivity index (χ2v) is 4.75. The van der Waals surface area contributed by atoms with Crippen molar-refractivity contribution in [3.63, 3.8) is 0 Å². The van der Waals surface area contributed by atoms with E-state index in [1.807, 2.05) is 14.1 Å². The van der Waals surface area contributed by atoms with Gasteiger partial charge >= 0.3 is 0 Å². The molecular weight excluding hydrogens is 245 g/mol. The molecule has 0 radical (unpaired) electrons. The Hall–Kier alpha value is -1.46. The summed E-state index contributed by atoms with van der Waals surface area (Å²) in [6, 6.07) is 5.88. The fraction of sp³-hybridized carbons (Fsp3) is 0.500. The average Bonchev–Trinajstić information content (AvgIpc) is 2.33. The van der Waals surface area contributed by atoms with Crippen LogP contribution in [-0.4, -0.2) is 44.5 Å². The van der Waals surface area contributed by atoms with Gasteiger partial charge in [-0.25, -0.2) is 4.39 Å². The molecule has 106 valence electrons. The Morgan fingerprint density at radius 1 is 1.32 bits per heavy atom. The number of unbranched alkanes of at least 4 members (excludes halogenated alkanes) is 1. The third-order valence-corrected chi connectivity index (χ3v) is 2.60. The molecule has 1 aromatic rings. The first-order chi connectivity index (χ1) is 9.08. The van der Waals surface area contributed by atoms with Crippen molar-refractivity contribution >= 4 is 11.6 Å². The van der Waals surface area contributed by atoms with E-state index in [1.54, 1.807) is 12.1 Å². The number of carbonyl (C=O) groups excluding carboxylic acids is 1. The smallest absolute Gasteiger partial charge is 0.238 e. The van der Waals surface area contributed by atoms with Gasteiger partial charge in [-0.1, -0.05) is 6.07 Å². The van der Waals surface area contributed by atoms with Crippen LogP contribution in [-0.2, 0) is 4.79 Å². The van der Waals surface area contributed by atoms with Gasteiger partial charge < -0.3 is 15.5 Å².